The molecule has 0 radical (unpaired) electrons. The predicted octanol–water partition coefficient (Wildman–Crippen LogP) is 1.10. The van der Waals surface area contributed by atoms with Crippen LogP contribution in [-0.2, 0) is 16.6 Å². The topological polar surface area (TPSA) is 88.3 Å². The van der Waals surface area contributed by atoms with Crippen molar-refractivity contribution in [2.45, 2.75) is 51.6 Å². The summed E-state index contributed by atoms with van der Waals surface area (Å²) in [5.74, 6) is 1.56. The van der Waals surface area contributed by atoms with Crippen molar-refractivity contribution >= 4 is 10.0 Å². The summed E-state index contributed by atoms with van der Waals surface area (Å²) in [6.45, 7) is 5.98. The van der Waals surface area contributed by atoms with Gasteiger partial charge in [0.15, 0.2) is 5.82 Å². The lowest BCUT2D eigenvalue weighted by Crippen LogP contribution is -2.46. The molecule has 1 aromatic heterocycles. The lowest BCUT2D eigenvalue weighted by atomic mass is 10.0. The fraction of sp³-hybridized carbons (Fsp3) is 0.846. The molecule has 1 saturated heterocycles. The van der Waals surface area contributed by atoms with E-state index in [2.05, 4.69) is 19.8 Å². The molecule has 1 N–H and O–H groups in total. The van der Waals surface area contributed by atoms with Gasteiger partial charge in [-0.25, -0.2) is 13.1 Å². The van der Waals surface area contributed by atoms with E-state index in [0.717, 1.165) is 25.8 Å². The number of sulfonamides is 1. The largest absolute Gasteiger partial charge is 0.338 e. The van der Waals surface area contributed by atoms with Crippen LogP contribution in [0.15, 0.2) is 4.52 Å². The van der Waals surface area contributed by atoms with Gasteiger partial charge in [-0.3, -0.25) is 4.90 Å². The van der Waals surface area contributed by atoms with E-state index in [-0.39, 0.29) is 12.0 Å². The first-order valence-electron chi connectivity index (χ1n) is 7.36. The van der Waals surface area contributed by atoms with Gasteiger partial charge in [0.2, 0.25) is 15.9 Å². The van der Waals surface area contributed by atoms with Gasteiger partial charge in [-0.1, -0.05) is 25.4 Å². The highest BCUT2D eigenvalue weighted by atomic mass is 32.2. The van der Waals surface area contributed by atoms with Crippen LogP contribution in [0.4, 0.5) is 0 Å². The fourth-order valence-corrected chi connectivity index (χ4v) is 2.98. The van der Waals surface area contributed by atoms with Crippen LogP contribution in [0.1, 0.15) is 50.7 Å². The van der Waals surface area contributed by atoms with E-state index < -0.39 is 10.0 Å². The lowest BCUT2D eigenvalue weighted by molar-refractivity contribution is 0.125. The monoisotopic (exact) mass is 316 g/mol. The summed E-state index contributed by atoms with van der Waals surface area (Å²) < 4.78 is 30.4. The summed E-state index contributed by atoms with van der Waals surface area (Å²) in [5, 5.41) is 3.97. The quantitative estimate of drug-likeness (QED) is 0.845. The highest BCUT2D eigenvalue weighted by molar-refractivity contribution is 7.88. The molecule has 0 aromatic carbocycles. The molecule has 120 valence electrons. The Morgan fingerprint density at radius 3 is 2.81 bits per heavy atom. The van der Waals surface area contributed by atoms with Crippen LogP contribution < -0.4 is 4.72 Å². The lowest BCUT2D eigenvalue weighted by Gasteiger charge is -2.34. The van der Waals surface area contributed by atoms with Crippen LogP contribution in [0.2, 0.25) is 0 Å². The van der Waals surface area contributed by atoms with Gasteiger partial charge in [0, 0.05) is 18.5 Å². The van der Waals surface area contributed by atoms with Crippen molar-refractivity contribution in [2.75, 3.05) is 19.3 Å². The molecule has 0 aliphatic carbocycles. The van der Waals surface area contributed by atoms with E-state index in [9.17, 15) is 8.42 Å². The number of hydrogen-bond donors (Lipinski definition) is 1. The van der Waals surface area contributed by atoms with Crippen molar-refractivity contribution in [3.8, 4) is 0 Å². The molecule has 21 heavy (non-hydrogen) atoms. The van der Waals surface area contributed by atoms with E-state index >= 15 is 0 Å². The Hall–Kier alpha value is -0.990. The average Bonchev–Trinajstić information content (AvgIpc) is 2.85. The molecule has 1 aliphatic heterocycles. The molecule has 2 heterocycles. The van der Waals surface area contributed by atoms with Gasteiger partial charge < -0.3 is 4.52 Å². The number of rotatable bonds is 6. The second-order valence-electron chi connectivity index (χ2n) is 5.94. The summed E-state index contributed by atoms with van der Waals surface area (Å²) in [6.07, 6.45) is 4.40. The summed E-state index contributed by atoms with van der Waals surface area (Å²) >= 11 is 0. The first-order valence-corrected chi connectivity index (χ1v) is 9.25. The first kappa shape index (κ1) is 16.4. The third-order valence-corrected chi connectivity index (χ3v) is 4.36. The van der Waals surface area contributed by atoms with Crippen LogP contribution in [0.25, 0.3) is 0 Å². The van der Waals surface area contributed by atoms with Crippen LogP contribution >= 0.6 is 0 Å². The van der Waals surface area contributed by atoms with Crippen LogP contribution in [0.3, 0.4) is 0 Å². The molecule has 1 atom stereocenters. The second-order valence-corrected chi connectivity index (χ2v) is 7.77. The van der Waals surface area contributed by atoms with Gasteiger partial charge >= 0.3 is 0 Å². The predicted molar refractivity (Wildman–Crippen MR) is 79.3 cm³/mol. The Balaban J connectivity index is 1.97. The Kier molecular flexibility index (Phi) is 5.34. The van der Waals surface area contributed by atoms with E-state index in [1.807, 2.05) is 13.8 Å². The maximum atomic E-state index is 11.2. The molecule has 0 saturated carbocycles. The Labute approximate surface area is 126 Å². The van der Waals surface area contributed by atoms with Gasteiger partial charge in [0.25, 0.3) is 0 Å². The van der Waals surface area contributed by atoms with Crippen molar-refractivity contribution in [3.63, 3.8) is 0 Å². The van der Waals surface area contributed by atoms with E-state index in [4.69, 9.17) is 4.52 Å². The third-order valence-electron chi connectivity index (χ3n) is 3.67. The van der Waals surface area contributed by atoms with Gasteiger partial charge in [-0.15, -0.1) is 0 Å². The highest BCUT2D eigenvalue weighted by Gasteiger charge is 2.25. The number of piperidine rings is 1. The Morgan fingerprint density at radius 2 is 2.19 bits per heavy atom. The molecule has 2 rings (SSSR count). The summed E-state index contributed by atoms with van der Waals surface area (Å²) in [5.41, 5.74) is 0. The maximum Gasteiger partial charge on any atom is 0.240 e. The van der Waals surface area contributed by atoms with Crippen LogP contribution in [-0.4, -0.2) is 48.8 Å². The zero-order valence-electron chi connectivity index (χ0n) is 12.9. The minimum atomic E-state index is -3.15. The third kappa shape index (κ3) is 5.05. The van der Waals surface area contributed by atoms with Crippen LogP contribution in [0, 0.1) is 0 Å². The van der Waals surface area contributed by atoms with Crippen LogP contribution in [0.5, 0.6) is 0 Å². The van der Waals surface area contributed by atoms with Crippen molar-refractivity contribution in [1.29, 1.82) is 0 Å². The normalized spacial score (nSPS) is 21.0. The molecule has 0 unspecified atom stereocenters. The van der Waals surface area contributed by atoms with E-state index in [1.54, 1.807) is 0 Å². The molecule has 7 nitrogen and oxygen atoms in total. The summed E-state index contributed by atoms with van der Waals surface area (Å²) in [6, 6.07) is 0.183. The molecule has 0 bridgehead atoms. The Morgan fingerprint density at radius 1 is 1.43 bits per heavy atom. The van der Waals surface area contributed by atoms with Crippen molar-refractivity contribution < 1.29 is 12.9 Å². The minimum absolute atomic E-state index is 0.183. The molecule has 1 fully saturated rings. The molecule has 0 amide bonds. The van der Waals surface area contributed by atoms with Gasteiger partial charge in [0.05, 0.1) is 12.8 Å². The van der Waals surface area contributed by atoms with Gasteiger partial charge in [-0.05, 0) is 19.4 Å². The average molecular weight is 316 g/mol. The molecule has 8 heteroatoms. The zero-order chi connectivity index (χ0) is 15.5. The van der Waals surface area contributed by atoms with E-state index in [1.165, 1.54) is 6.26 Å². The SMILES string of the molecule is CC(C)c1noc(CN2CCCC[C@@H]2CNS(C)(=O)=O)n1. The minimum Gasteiger partial charge on any atom is -0.338 e. The van der Waals surface area contributed by atoms with Gasteiger partial charge in [-0.2, -0.15) is 4.98 Å². The maximum absolute atomic E-state index is 11.2. The number of likely N-dealkylation sites (tertiary alicyclic amines) is 1. The zero-order valence-corrected chi connectivity index (χ0v) is 13.7. The number of nitrogens with zero attached hydrogens (tertiary/aromatic N) is 3. The number of aromatic nitrogens is 2. The van der Waals surface area contributed by atoms with E-state index in [0.29, 0.717) is 24.8 Å². The standard InChI is InChI=1S/C13H24N4O3S/c1-10(2)13-15-12(20-16-13)9-17-7-5-4-6-11(17)8-14-21(3,18)19/h10-11,14H,4-9H2,1-3H3/t11-/m1/s1. The fourth-order valence-electron chi connectivity index (χ4n) is 2.49. The molecular weight excluding hydrogens is 292 g/mol. The molecule has 0 spiro atoms. The first-order chi connectivity index (χ1) is 9.85. The van der Waals surface area contributed by atoms with Gasteiger partial charge in [0.1, 0.15) is 0 Å². The van der Waals surface area contributed by atoms with Crippen molar-refractivity contribution in [2.24, 2.45) is 0 Å². The van der Waals surface area contributed by atoms with Crippen molar-refractivity contribution in [3.05, 3.63) is 11.7 Å². The summed E-state index contributed by atoms with van der Waals surface area (Å²) in [4.78, 5) is 6.61. The number of hydrogen-bond acceptors (Lipinski definition) is 6. The highest BCUT2D eigenvalue weighted by Crippen LogP contribution is 2.19. The second kappa shape index (κ2) is 6.85. The molecular formula is C13H24N4O3S. The summed E-state index contributed by atoms with van der Waals surface area (Å²) in [7, 11) is -3.15. The smallest absolute Gasteiger partial charge is 0.240 e. The molecule has 1 aliphatic rings. The number of nitrogens with one attached hydrogen (secondary N) is 1. The molecule has 1 aromatic rings. The Bertz CT molecular complexity index is 556. The van der Waals surface area contributed by atoms with Crippen molar-refractivity contribution in [1.82, 2.24) is 19.8 Å².